The van der Waals surface area contributed by atoms with Gasteiger partial charge in [0.05, 0.1) is 12.1 Å². The summed E-state index contributed by atoms with van der Waals surface area (Å²) >= 11 is 1.74. The minimum atomic E-state index is -0.198. The van der Waals surface area contributed by atoms with Crippen molar-refractivity contribution >= 4 is 17.7 Å². The molecule has 2 fully saturated rings. The topological polar surface area (TPSA) is 61.4 Å². The molecule has 0 radical (unpaired) electrons. The summed E-state index contributed by atoms with van der Waals surface area (Å²) in [4.78, 5) is 11.5. The summed E-state index contributed by atoms with van der Waals surface area (Å²) < 4.78 is 0. The van der Waals surface area contributed by atoms with Gasteiger partial charge >= 0.3 is 0 Å². The van der Waals surface area contributed by atoms with E-state index in [-0.39, 0.29) is 24.1 Å². The van der Waals surface area contributed by atoms with E-state index in [1.807, 2.05) is 0 Å². The molecule has 2 rings (SSSR count). The van der Waals surface area contributed by atoms with E-state index in [0.29, 0.717) is 12.8 Å². The van der Waals surface area contributed by atoms with Crippen molar-refractivity contribution in [3.63, 3.8) is 0 Å². The molecule has 4 nitrogen and oxygen atoms in total. The number of hydrogen-bond acceptors (Lipinski definition) is 4. The molecule has 2 aliphatic rings. The highest BCUT2D eigenvalue weighted by Gasteiger charge is 2.31. The monoisotopic (exact) mass is 202 g/mol. The van der Waals surface area contributed by atoms with E-state index in [9.17, 15) is 4.79 Å². The van der Waals surface area contributed by atoms with Crippen LogP contribution in [-0.2, 0) is 4.79 Å². The van der Waals surface area contributed by atoms with E-state index < -0.39 is 0 Å². The normalized spacial score (nSPS) is 38.4. The van der Waals surface area contributed by atoms with E-state index in [4.69, 9.17) is 5.11 Å². The van der Waals surface area contributed by atoms with E-state index in [0.717, 1.165) is 11.6 Å². The number of carbonyl (C=O) groups excluding carboxylic acids is 1. The van der Waals surface area contributed by atoms with Gasteiger partial charge in [0.15, 0.2) is 0 Å². The molecule has 1 unspecified atom stereocenters. The van der Waals surface area contributed by atoms with Crippen molar-refractivity contribution in [2.24, 2.45) is 0 Å². The Labute approximate surface area is 81.5 Å². The number of carbonyl (C=O) groups is 1. The first kappa shape index (κ1) is 9.30. The van der Waals surface area contributed by atoms with Gasteiger partial charge in [-0.1, -0.05) is 0 Å². The van der Waals surface area contributed by atoms with Gasteiger partial charge in [0.1, 0.15) is 0 Å². The minimum absolute atomic E-state index is 0.0252. The molecule has 1 atom stereocenters. The summed E-state index contributed by atoms with van der Waals surface area (Å²) in [6.07, 6.45) is 1.23. The van der Waals surface area contributed by atoms with Crippen LogP contribution in [0.2, 0.25) is 0 Å². The number of thioether (sulfide) groups is 1. The highest BCUT2D eigenvalue weighted by atomic mass is 32.2. The third-order valence-corrected chi connectivity index (χ3v) is 3.43. The molecule has 1 aliphatic heterocycles. The van der Waals surface area contributed by atoms with Gasteiger partial charge in [0.2, 0.25) is 5.91 Å². The number of hydrogen-bond donors (Lipinski definition) is 3. The second-order valence-electron chi connectivity index (χ2n) is 3.60. The highest BCUT2D eigenvalue weighted by Crippen LogP contribution is 2.20. The Morgan fingerprint density at radius 3 is 2.85 bits per heavy atom. The molecule has 0 aromatic heterocycles. The molecule has 1 saturated carbocycles. The first-order valence-electron chi connectivity index (χ1n) is 4.55. The lowest BCUT2D eigenvalue weighted by Crippen LogP contribution is -2.52. The quantitative estimate of drug-likeness (QED) is 0.553. The largest absolute Gasteiger partial charge is 0.393 e. The Bertz CT molecular complexity index is 200. The minimum Gasteiger partial charge on any atom is -0.393 e. The summed E-state index contributed by atoms with van der Waals surface area (Å²) in [6.45, 7) is 0. The zero-order valence-corrected chi connectivity index (χ0v) is 8.14. The average molecular weight is 202 g/mol. The van der Waals surface area contributed by atoms with Crippen molar-refractivity contribution in [2.75, 3.05) is 11.6 Å². The maximum absolute atomic E-state index is 11.5. The van der Waals surface area contributed by atoms with Crippen LogP contribution in [0.15, 0.2) is 0 Å². The van der Waals surface area contributed by atoms with Gasteiger partial charge in [-0.05, 0) is 12.8 Å². The number of aliphatic hydroxyl groups excluding tert-OH is 1. The predicted molar refractivity (Wildman–Crippen MR) is 51.4 cm³/mol. The van der Waals surface area contributed by atoms with Crippen molar-refractivity contribution in [2.45, 2.75) is 31.0 Å². The average Bonchev–Trinajstić information content (AvgIpc) is 2.53. The summed E-state index contributed by atoms with van der Waals surface area (Å²) in [7, 11) is 0. The van der Waals surface area contributed by atoms with Crippen molar-refractivity contribution in [1.82, 2.24) is 10.6 Å². The van der Waals surface area contributed by atoms with Gasteiger partial charge in [-0.15, -0.1) is 11.8 Å². The van der Waals surface area contributed by atoms with Gasteiger partial charge in [-0.25, -0.2) is 0 Å². The molecular weight excluding hydrogens is 188 g/mol. The number of amides is 1. The van der Waals surface area contributed by atoms with Crippen LogP contribution in [0.1, 0.15) is 12.8 Å². The number of aliphatic hydroxyl groups is 1. The fourth-order valence-corrected chi connectivity index (χ4v) is 2.51. The zero-order chi connectivity index (χ0) is 9.26. The van der Waals surface area contributed by atoms with E-state index in [2.05, 4.69) is 10.6 Å². The van der Waals surface area contributed by atoms with Gasteiger partial charge in [-0.2, -0.15) is 0 Å². The van der Waals surface area contributed by atoms with Crippen molar-refractivity contribution in [3.8, 4) is 0 Å². The molecule has 0 spiro atoms. The van der Waals surface area contributed by atoms with Crippen LogP contribution in [-0.4, -0.2) is 40.8 Å². The lowest BCUT2D eigenvalue weighted by molar-refractivity contribution is -0.124. The van der Waals surface area contributed by atoms with Crippen LogP contribution in [0, 0.1) is 0 Å². The summed E-state index contributed by atoms with van der Waals surface area (Å²) in [5.41, 5.74) is 0. The van der Waals surface area contributed by atoms with Crippen molar-refractivity contribution in [3.05, 3.63) is 0 Å². The maximum Gasteiger partial charge on any atom is 0.238 e. The molecular formula is C8H14N2O2S. The molecule has 1 saturated heterocycles. The first-order valence-corrected chi connectivity index (χ1v) is 5.71. The Hall–Kier alpha value is -0.260. The molecule has 0 bridgehead atoms. The van der Waals surface area contributed by atoms with Gasteiger partial charge in [0, 0.05) is 17.7 Å². The third kappa shape index (κ3) is 2.15. The second-order valence-corrected chi connectivity index (χ2v) is 4.63. The molecule has 5 heteroatoms. The van der Waals surface area contributed by atoms with Gasteiger partial charge in [0.25, 0.3) is 0 Å². The van der Waals surface area contributed by atoms with Crippen LogP contribution in [0.3, 0.4) is 0 Å². The van der Waals surface area contributed by atoms with E-state index in [1.54, 1.807) is 11.8 Å². The molecule has 74 valence electrons. The van der Waals surface area contributed by atoms with E-state index >= 15 is 0 Å². The third-order valence-electron chi connectivity index (χ3n) is 2.49. The standard InChI is InChI=1S/C8H14N2O2S/c11-6-1-5(2-6)10-8(12)7-3-13-4-9-7/h5-7,9,11H,1-4H2,(H,10,12). The molecule has 1 amide bonds. The zero-order valence-electron chi connectivity index (χ0n) is 7.32. The Balaban J connectivity index is 1.72. The fourth-order valence-electron chi connectivity index (χ4n) is 1.57. The van der Waals surface area contributed by atoms with Crippen LogP contribution in [0.5, 0.6) is 0 Å². The Morgan fingerprint density at radius 1 is 1.54 bits per heavy atom. The smallest absolute Gasteiger partial charge is 0.238 e. The highest BCUT2D eigenvalue weighted by molar-refractivity contribution is 7.99. The maximum atomic E-state index is 11.5. The first-order chi connectivity index (χ1) is 6.25. The predicted octanol–water partition coefficient (Wildman–Crippen LogP) is -0.712. The summed E-state index contributed by atoms with van der Waals surface area (Å²) in [5.74, 6) is 1.81. The fraction of sp³-hybridized carbons (Fsp3) is 0.875. The van der Waals surface area contributed by atoms with Crippen LogP contribution >= 0.6 is 11.8 Å². The lowest BCUT2D eigenvalue weighted by atomic mass is 9.89. The summed E-state index contributed by atoms with van der Waals surface area (Å²) in [6, 6.07) is 0.178. The lowest BCUT2D eigenvalue weighted by Gasteiger charge is -2.32. The molecule has 3 N–H and O–H groups in total. The van der Waals surface area contributed by atoms with Crippen LogP contribution < -0.4 is 10.6 Å². The van der Waals surface area contributed by atoms with Gasteiger partial charge in [-0.3, -0.25) is 10.1 Å². The van der Waals surface area contributed by atoms with Crippen LogP contribution in [0.4, 0.5) is 0 Å². The molecule has 0 aromatic rings. The second kappa shape index (κ2) is 3.86. The van der Waals surface area contributed by atoms with E-state index in [1.165, 1.54) is 0 Å². The molecule has 13 heavy (non-hydrogen) atoms. The molecule has 0 aromatic carbocycles. The Morgan fingerprint density at radius 2 is 2.31 bits per heavy atom. The summed E-state index contributed by atoms with van der Waals surface area (Å²) in [5, 5.41) is 15.0. The van der Waals surface area contributed by atoms with Gasteiger partial charge < -0.3 is 10.4 Å². The number of rotatable bonds is 2. The van der Waals surface area contributed by atoms with Crippen molar-refractivity contribution in [1.29, 1.82) is 0 Å². The van der Waals surface area contributed by atoms with Crippen LogP contribution in [0.25, 0.3) is 0 Å². The number of nitrogens with one attached hydrogen (secondary N) is 2. The Kier molecular flexibility index (Phi) is 2.76. The molecule has 1 heterocycles. The SMILES string of the molecule is O=C(NC1CC(O)C1)C1CSCN1. The van der Waals surface area contributed by atoms with Crippen molar-refractivity contribution < 1.29 is 9.90 Å². The molecule has 1 aliphatic carbocycles.